The molecule has 1 atom stereocenters. The topological polar surface area (TPSA) is 71.0 Å². The van der Waals surface area contributed by atoms with Gasteiger partial charge >= 0.3 is 0 Å². The van der Waals surface area contributed by atoms with Gasteiger partial charge in [0.25, 0.3) is 0 Å². The van der Waals surface area contributed by atoms with Crippen molar-refractivity contribution in [1.29, 1.82) is 0 Å². The first-order chi connectivity index (χ1) is 11.3. The Morgan fingerprint density at radius 2 is 2.39 bits per heavy atom. The largest absolute Gasteiger partial charge is 0.342 e. The molecule has 1 fully saturated rings. The number of nitrogens with one attached hydrogen (secondary N) is 1. The first kappa shape index (κ1) is 16.1. The van der Waals surface area contributed by atoms with Crippen LogP contribution in [0.25, 0.3) is 0 Å². The summed E-state index contributed by atoms with van der Waals surface area (Å²) in [6.07, 6.45) is 7.40. The van der Waals surface area contributed by atoms with Crippen LogP contribution in [0.1, 0.15) is 30.9 Å². The number of anilines is 2. The average Bonchev–Trinajstić information content (AvgIpc) is 3.05. The van der Waals surface area contributed by atoms with Crippen molar-refractivity contribution in [2.24, 2.45) is 0 Å². The molecule has 2 aromatic rings. The molecule has 1 aliphatic heterocycles. The highest BCUT2D eigenvalue weighted by atomic mass is 35.5. The van der Waals surface area contributed by atoms with Gasteiger partial charge in [-0.15, -0.1) is 22.9 Å². The van der Waals surface area contributed by atoms with Gasteiger partial charge in [-0.2, -0.15) is 0 Å². The maximum Gasteiger partial charge on any atom is 0.223 e. The molecule has 2 aromatic heterocycles. The lowest BCUT2D eigenvalue weighted by Crippen LogP contribution is -2.39. The highest BCUT2D eigenvalue weighted by molar-refractivity contribution is 7.13. The fourth-order valence-electron chi connectivity index (χ4n) is 2.69. The molecule has 1 saturated heterocycles. The maximum absolute atomic E-state index is 12.0. The van der Waals surface area contributed by atoms with Gasteiger partial charge in [-0.25, -0.2) is 9.97 Å². The van der Waals surface area contributed by atoms with Crippen LogP contribution in [-0.2, 0) is 4.79 Å². The van der Waals surface area contributed by atoms with Gasteiger partial charge in [-0.05, 0) is 12.8 Å². The first-order valence-corrected chi connectivity index (χ1v) is 9.00. The molecule has 0 radical (unpaired) electrons. The van der Waals surface area contributed by atoms with Crippen LogP contribution in [0.3, 0.4) is 0 Å². The van der Waals surface area contributed by atoms with Crippen molar-refractivity contribution in [3.63, 3.8) is 0 Å². The Morgan fingerprint density at radius 3 is 3.17 bits per heavy atom. The van der Waals surface area contributed by atoms with Crippen molar-refractivity contribution in [1.82, 2.24) is 19.9 Å². The Morgan fingerprint density at radius 1 is 1.48 bits per heavy atom. The molecular weight excluding hydrogens is 334 g/mol. The number of halogens is 1. The first-order valence-electron chi connectivity index (χ1n) is 7.58. The van der Waals surface area contributed by atoms with Crippen LogP contribution in [-0.4, -0.2) is 44.7 Å². The Kier molecular flexibility index (Phi) is 5.40. The van der Waals surface area contributed by atoms with Crippen LogP contribution in [0, 0.1) is 0 Å². The lowest BCUT2D eigenvalue weighted by atomic mass is 9.95. The second-order valence-electron chi connectivity index (χ2n) is 5.41. The van der Waals surface area contributed by atoms with Gasteiger partial charge in [0.15, 0.2) is 10.9 Å². The van der Waals surface area contributed by atoms with Crippen molar-refractivity contribution in [3.05, 3.63) is 29.7 Å². The monoisotopic (exact) mass is 351 g/mol. The number of likely N-dealkylation sites (tertiary alicyclic amines) is 1. The molecule has 23 heavy (non-hydrogen) atoms. The van der Waals surface area contributed by atoms with Crippen molar-refractivity contribution < 1.29 is 4.79 Å². The van der Waals surface area contributed by atoms with E-state index in [-0.39, 0.29) is 11.8 Å². The number of nitrogens with zero attached hydrogens (tertiary/aromatic N) is 4. The highest BCUT2D eigenvalue weighted by Gasteiger charge is 2.26. The average molecular weight is 352 g/mol. The van der Waals surface area contributed by atoms with Gasteiger partial charge in [-0.1, -0.05) is 0 Å². The smallest absolute Gasteiger partial charge is 0.223 e. The molecule has 1 unspecified atom stereocenters. The summed E-state index contributed by atoms with van der Waals surface area (Å²) in [5.74, 6) is 1.48. The van der Waals surface area contributed by atoms with E-state index < -0.39 is 0 Å². The van der Waals surface area contributed by atoms with Gasteiger partial charge in [0, 0.05) is 49.1 Å². The van der Waals surface area contributed by atoms with Crippen LogP contribution in [0.2, 0.25) is 0 Å². The van der Waals surface area contributed by atoms with Crippen LogP contribution >= 0.6 is 22.9 Å². The molecular formula is C15H18ClN5OS. The fraction of sp³-hybridized carbons (Fsp3) is 0.467. The van der Waals surface area contributed by atoms with Crippen LogP contribution < -0.4 is 5.32 Å². The molecule has 6 nitrogen and oxygen atoms in total. The number of thiazole rings is 1. The summed E-state index contributed by atoms with van der Waals surface area (Å²) < 4.78 is 0. The second kappa shape index (κ2) is 7.70. The van der Waals surface area contributed by atoms with Gasteiger partial charge < -0.3 is 10.2 Å². The van der Waals surface area contributed by atoms with E-state index in [0.29, 0.717) is 18.1 Å². The van der Waals surface area contributed by atoms with Gasteiger partial charge in [0.05, 0.1) is 11.9 Å². The van der Waals surface area contributed by atoms with E-state index in [4.69, 9.17) is 11.6 Å². The van der Waals surface area contributed by atoms with Crippen molar-refractivity contribution in [2.75, 3.05) is 24.3 Å². The molecule has 0 aliphatic carbocycles. The van der Waals surface area contributed by atoms with Crippen LogP contribution in [0.5, 0.6) is 0 Å². The third kappa shape index (κ3) is 4.17. The van der Waals surface area contributed by atoms with Crippen molar-refractivity contribution in [2.45, 2.75) is 25.2 Å². The Labute approximate surface area is 143 Å². The van der Waals surface area contributed by atoms with Crippen LogP contribution in [0.4, 0.5) is 10.9 Å². The molecule has 1 aliphatic rings. The van der Waals surface area contributed by atoms with Crippen LogP contribution in [0.15, 0.2) is 24.0 Å². The number of aromatic nitrogens is 3. The number of piperidine rings is 1. The predicted octanol–water partition coefficient (Wildman–Crippen LogP) is 3.01. The number of hydrogen-bond acceptors (Lipinski definition) is 6. The summed E-state index contributed by atoms with van der Waals surface area (Å²) >= 11 is 7.22. The van der Waals surface area contributed by atoms with Gasteiger partial charge in [0.1, 0.15) is 0 Å². The minimum absolute atomic E-state index is 0.137. The van der Waals surface area contributed by atoms with Crippen molar-refractivity contribution in [3.8, 4) is 0 Å². The molecule has 3 rings (SSSR count). The van der Waals surface area contributed by atoms with Crippen molar-refractivity contribution >= 4 is 39.8 Å². The predicted molar refractivity (Wildman–Crippen MR) is 91.3 cm³/mol. The van der Waals surface area contributed by atoms with E-state index in [2.05, 4.69) is 25.6 Å². The number of carbonyl (C=O) groups excluding carboxylic acids is 1. The summed E-state index contributed by atoms with van der Waals surface area (Å²) in [7, 11) is 0. The number of alkyl halides is 1. The third-order valence-corrected chi connectivity index (χ3v) is 4.79. The van der Waals surface area contributed by atoms with E-state index >= 15 is 0 Å². The molecule has 0 saturated carbocycles. The number of rotatable bonds is 5. The summed E-state index contributed by atoms with van der Waals surface area (Å²) in [5.41, 5.74) is 1.03. The number of amides is 1. The summed E-state index contributed by atoms with van der Waals surface area (Å²) in [6.45, 7) is 1.55. The molecule has 0 aromatic carbocycles. The minimum Gasteiger partial charge on any atom is -0.342 e. The minimum atomic E-state index is 0.137. The molecule has 122 valence electrons. The molecule has 8 heteroatoms. The standard InChI is InChI=1S/C15H18ClN5OS/c16-4-3-14(22)21-7-1-2-11(9-21)12-10-23-15(19-12)20-13-8-17-5-6-18-13/h5-6,8,10-11H,1-4,7,9H2,(H,18,19,20). The number of hydrogen-bond donors (Lipinski definition) is 1. The Hall–Kier alpha value is -1.73. The van der Waals surface area contributed by atoms with E-state index in [1.54, 1.807) is 29.9 Å². The molecule has 1 N–H and O–H groups in total. The second-order valence-corrected chi connectivity index (χ2v) is 6.65. The Balaban J connectivity index is 1.64. The zero-order valence-electron chi connectivity index (χ0n) is 12.6. The number of carbonyl (C=O) groups is 1. The van der Waals surface area contributed by atoms with E-state index in [1.807, 2.05) is 4.90 Å². The lowest BCUT2D eigenvalue weighted by molar-refractivity contribution is -0.131. The Bertz CT molecular complexity index is 650. The third-order valence-electron chi connectivity index (χ3n) is 3.82. The maximum atomic E-state index is 12.0. The SMILES string of the molecule is O=C(CCCl)N1CCCC(c2csc(Nc3cnccn3)n2)C1. The van der Waals surface area contributed by atoms with E-state index in [9.17, 15) is 4.79 Å². The molecule has 0 bridgehead atoms. The molecule has 3 heterocycles. The molecule has 1 amide bonds. The summed E-state index contributed by atoms with van der Waals surface area (Å²) in [4.78, 5) is 26.8. The normalized spacial score (nSPS) is 18.0. The van der Waals surface area contributed by atoms with E-state index in [0.717, 1.165) is 36.8 Å². The van der Waals surface area contributed by atoms with E-state index in [1.165, 1.54) is 0 Å². The van der Waals surface area contributed by atoms with Gasteiger partial charge in [0.2, 0.25) is 5.91 Å². The lowest BCUT2D eigenvalue weighted by Gasteiger charge is -2.32. The molecule has 0 spiro atoms. The quantitative estimate of drug-likeness (QED) is 0.838. The zero-order chi connectivity index (χ0) is 16.1. The zero-order valence-corrected chi connectivity index (χ0v) is 14.2. The fourth-order valence-corrected chi connectivity index (χ4v) is 3.65. The summed E-state index contributed by atoms with van der Waals surface area (Å²) in [6, 6.07) is 0. The summed E-state index contributed by atoms with van der Waals surface area (Å²) in [5, 5.41) is 6.00. The highest BCUT2D eigenvalue weighted by Crippen LogP contribution is 2.30. The van der Waals surface area contributed by atoms with Gasteiger partial charge in [-0.3, -0.25) is 9.78 Å².